The van der Waals surface area contributed by atoms with Crippen molar-refractivity contribution in [2.24, 2.45) is 10.7 Å². The number of carbonyl (C=O) groups excluding carboxylic acids is 1. The molecule has 14 nitrogen and oxygen atoms in total. The van der Waals surface area contributed by atoms with Crippen LogP contribution in [0.2, 0.25) is 0 Å². The van der Waals surface area contributed by atoms with E-state index in [2.05, 4.69) is 10.5 Å². The van der Waals surface area contributed by atoms with Crippen LogP contribution in [0.1, 0.15) is 0 Å². The molecule has 148 valence electrons. The summed E-state index contributed by atoms with van der Waals surface area (Å²) in [5, 5.41) is 12.6. The molecule has 0 fully saturated rings. The lowest BCUT2D eigenvalue weighted by atomic mass is 10.4. The number of hydrogen-bond donors (Lipinski definition) is 3. The fraction of sp³-hybridized carbons (Fsp3) is 0.818. The highest BCUT2D eigenvalue weighted by Crippen LogP contribution is 2.36. The summed E-state index contributed by atoms with van der Waals surface area (Å²) in [4.78, 5) is 32.7. The third kappa shape index (κ3) is 3.87. The van der Waals surface area contributed by atoms with E-state index < -0.39 is 18.7 Å². The summed E-state index contributed by atoms with van der Waals surface area (Å²) in [5.74, 6) is -3.81. The predicted octanol–water partition coefficient (Wildman–Crippen LogP) is -2.66. The molecule has 1 aliphatic rings. The molecule has 1 heterocycles. The maximum absolute atomic E-state index is 9.64. The molecule has 0 aromatic rings. The summed E-state index contributed by atoms with van der Waals surface area (Å²) >= 11 is 0. The van der Waals surface area contributed by atoms with Gasteiger partial charge in [-0.05, 0) is 0 Å². The van der Waals surface area contributed by atoms with Gasteiger partial charge >= 0.3 is 11.9 Å². The highest BCUT2D eigenvalue weighted by Gasteiger charge is 2.64. The first-order valence-corrected chi connectivity index (χ1v) is 6.63. The Morgan fingerprint density at radius 2 is 1.80 bits per heavy atom. The number of hydrogen-bond acceptors (Lipinski definition) is 14. The Labute approximate surface area is 145 Å². The number of guanidine groups is 1. The molecule has 2 unspecified atom stereocenters. The second kappa shape index (κ2) is 10.5. The number of methoxy groups -OCH3 is 2. The van der Waals surface area contributed by atoms with E-state index in [1.165, 1.54) is 42.7 Å². The van der Waals surface area contributed by atoms with Gasteiger partial charge in [0.2, 0.25) is 5.96 Å². The number of carbonyl (C=O) groups is 1. The Balaban J connectivity index is 0.00000277. The van der Waals surface area contributed by atoms with E-state index in [1.807, 2.05) is 6.79 Å². The van der Waals surface area contributed by atoms with Crippen molar-refractivity contribution in [2.45, 2.75) is 11.9 Å². The zero-order valence-electron chi connectivity index (χ0n) is 15.1. The topological polar surface area (TPSA) is 153 Å². The van der Waals surface area contributed by atoms with E-state index in [0.29, 0.717) is 0 Å². The highest BCUT2D eigenvalue weighted by molar-refractivity contribution is 5.78. The average molecular weight is 370 g/mol. The van der Waals surface area contributed by atoms with E-state index in [0.717, 1.165) is 15.2 Å². The third-order valence-corrected chi connectivity index (χ3v) is 3.11. The third-order valence-electron chi connectivity index (χ3n) is 3.11. The van der Waals surface area contributed by atoms with Crippen LogP contribution in [0.3, 0.4) is 0 Å². The van der Waals surface area contributed by atoms with Gasteiger partial charge in [-0.1, -0.05) is 10.1 Å². The molecule has 0 aromatic heterocycles. The minimum atomic E-state index is -1.86. The van der Waals surface area contributed by atoms with Gasteiger partial charge in [-0.25, -0.2) is 0 Å². The molecule has 0 saturated heterocycles. The molecule has 25 heavy (non-hydrogen) atoms. The Kier molecular flexibility index (Phi) is 9.90. The van der Waals surface area contributed by atoms with Crippen LogP contribution in [-0.2, 0) is 33.6 Å². The van der Waals surface area contributed by atoms with E-state index in [-0.39, 0.29) is 5.96 Å². The number of aliphatic hydroxyl groups excluding tert-OH is 1. The zero-order valence-corrected chi connectivity index (χ0v) is 15.1. The molecule has 0 amide bonds. The first kappa shape index (κ1) is 23.5. The molecule has 14 heteroatoms. The maximum Gasteiger partial charge on any atom is 0.342 e. The SMILES string of the molecule is C=O.CONC1(OC)N=C(N)N(OC)C(OC)(N(CO)OC)N1OC. The van der Waals surface area contributed by atoms with Gasteiger partial charge < -0.3 is 25.1 Å². The normalized spacial score (nSPS) is 27.0. The van der Waals surface area contributed by atoms with Crippen LogP contribution in [0.4, 0.5) is 0 Å². The monoisotopic (exact) mass is 370 g/mol. The summed E-state index contributed by atoms with van der Waals surface area (Å²) in [6.07, 6.45) is 0. The molecule has 0 aromatic carbocycles. The van der Waals surface area contributed by atoms with Gasteiger partial charge in [0.15, 0.2) is 0 Å². The van der Waals surface area contributed by atoms with Crippen molar-refractivity contribution in [3.8, 4) is 0 Å². The molecule has 0 saturated carbocycles. The number of ether oxygens (including phenoxy) is 2. The summed E-state index contributed by atoms with van der Waals surface area (Å²) in [6.45, 7) is 1.38. The lowest BCUT2D eigenvalue weighted by Crippen LogP contribution is -2.82. The molecular formula is C11H26N6O8. The van der Waals surface area contributed by atoms with Crippen molar-refractivity contribution >= 4 is 12.7 Å². The second-order valence-corrected chi connectivity index (χ2v) is 4.02. The minimum absolute atomic E-state index is 0.176. The number of hydroxylamine groups is 7. The van der Waals surface area contributed by atoms with Crippen LogP contribution in [-0.4, -0.2) is 94.4 Å². The lowest BCUT2D eigenvalue weighted by molar-refractivity contribution is -0.542. The van der Waals surface area contributed by atoms with Crippen LogP contribution in [0.25, 0.3) is 0 Å². The van der Waals surface area contributed by atoms with Crippen LogP contribution >= 0.6 is 0 Å². The minimum Gasteiger partial charge on any atom is -0.379 e. The fourth-order valence-corrected chi connectivity index (χ4v) is 2.24. The standard InChI is InChI=1S/C10H24N6O7.CH2O/c1-18-9(13-20-3)12-8(11)15(22-5)10(19-2,16(9)23-6)14(7-17)21-4;1-2/h13,17H,7H2,1-6H3,(H2,11,12);1H2. The molecule has 4 N–H and O–H groups in total. The Morgan fingerprint density at radius 1 is 1.20 bits per heavy atom. The van der Waals surface area contributed by atoms with Crippen molar-refractivity contribution in [1.82, 2.24) is 20.7 Å². The van der Waals surface area contributed by atoms with E-state index >= 15 is 0 Å². The number of nitrogens with one attached hydrogen (secondary N) is 1. The van der Waals surface area contributed by atoms with Crippen LogP contribution in [0.15, 0.2) is 4.99 Å². The molecular weight excluding hydrogens is 344 g/mol. The van der Waals surface area contributed by atoms with Gasteiger partial charge in [0, 0.05) is 14.2 Å². The first-order chi connectivity index (χ1) is 12.0. The van der Waals surface area contributed by atoms with Gasteiger partial charge in [0.1, 0.15) is 13.5 Å². The van der Waals surface area contributed by atoms with Crippen LogP contribution < -0.4 is 11.2 Å². The van der Waals surface area contributed by atoms with E-state index in [4.69, 9.17) is 39.4 Å². The summed E-state index contributed by atoms with van der Waals surface area (Å²) in [6, 6.07) is 0. The molecule has 1 aliphatic heterocycles. The van der Waals surface area contributed by atoms with Crippen molar-refractivity contribution < 1.29 is 38.7 Å². The van der Waals surface area contributed by atoms with Crippen LogP contribution in [0.5, 0.6) is 0 Å². The Bertz CT molecular complexity index is 427. The smallest absolute Gasteiger partial charge is 0.342 e. The fourth-order valence-electron chi connectivity index (χ4n) is 2.24. The van der Waals surface area contributed by atoms with Gasteiger partial charge in [0.25, 0.3) is 0 Å². The van der Waals surface area contributed by atoms with Gasteiger partial charge in [-0.2, -0.15) is 10.1 Å². The Hall–Kier alpha value is -1.46. The maximum atomic E-state index is 9.64. The molecule has 0 spiro atoms. The molecule has 0 radical (unpaired) electrons. The predicted molar refractivity (Wildman–Crippen MR) is 82.0 cm³/mol. The van der Waals surface area contributed by atoms with Crippen molar-refractivity contribution in [1.29, 1.82) is 0 Å². The van der Waals surface area contributed by atoms with Crippen molar-refractivity contribution in [2.75, 3.05) is 49.4 Å². The number of aliphatic hydroxyl groups is 1. The number of nitrogens with two attached hydrogens (primary N) is 1. The van der Waals surface area contributed by atoms with Crippen LogP contribution in [0, 0.1) is 0 Å². The molecule has 0 aliphatic carbocycles. The number of aliphatic imine (C=N–C) groups is 1. The van der Waals surface area contributed by atoms with Gasteiger partial charge in [-0.15, -0.1) is 5.48 Å². The largest absolute Gasteiger partial charge is 0.379 e. The summed E-state index contributed by atoms with van der Waals surface area (Å²) in [5.41, 5.74) is 8.44. The van der Waals surface area contributed by atoms with Crippen molar-refractivity contribution in [3.63, 3.8) is 0 Å². The number of rotatable bonds is 9. The average Bonchev–Trinajstić information content (AvgIpc) is 2.64. The molecule has 0 bridgehead atoms. The van der Waals surface area contributed by atoms with E-state index in [9.17, 15) is 5.11 Å². The second-order valence-electron chi connectivity index (χ2n) is 4.02. The highest BCUT2D eigenvalue weighted by atomic mass is 16.9. The lowest BCUT2D eigenvalue weighted by Gasteiger charge is -2.55. The zero-order chi connectivity index (χ0) is 19.7. The molecule has 2 atom stereocenters. The number of nitrogens with zero attached hydrogens (tertiary/aromatic N) is 4. The van der Waals surface area contributed by atoms with Crippen molar-refractivity contribution in [3.05, 3.63) is 0 Å². The quantitative estimate of drug-likeness (QED) is 0.286. The summed E-state index contributed by atoms with van der Waals surface area (Å²) < 4.78 is 10.9. The first-order valence-electron chi connectivity index (χ1n) is 6.63. The summed E-state index contributed by atoms with van der Waals surface area (Å²) in [7, 11) is 7.92. The van der Waals surface area contributed by atoms with E-state index in [1.54, 1.807) is 0 Å². The van der Waals surface area contributed by atoms with Gasteiger partial charge in [-0.3, -0.25) is 19.4 Å². The molecule has 1 rings (SSSR count). The Morgan fingerprint density at radius 3 is 2.12 bits per heavy atom. The van der Waals surface area contributed by atoms with Gasteiger partial charge in [0.05, 0.1) is 28.4 Å².